The second-order valence-electron chi connectivity index (χ2n) is 8.32. The predicted molar refractivity (Wildman–Crippen MR) is 131 cm³/mol. The van der Waals surface area contributed by atoms with Crippen LogP contribution in [0.15, 0.2) is 79.1 Å². The molecule has 5 rings (SSSR count). The first kappa shape index (κ1) is 21.5. The third kappa shape index (κ3) is 4.87. The Morgan fingerprint density at radius 3 is 2.33 bits per heavy atom. The van der Waals surface area contributed by atoms with E-state index in [0.717, 1.165) is 48.4 Å². The Morgan fingerprint density at radius 2 is 1.64 bits per heavy atom. The summed E-state index contributed by atoms with van der Waals surface area (Å²) >= 11 is 6.08. The van der Waals surface area contributed by atoms with E-state index in [-0.39, 0.29) is 0 Å². The predicted octanol–water partition coefficient (Wildman–Crippen LogP) is 5.23. The first-order valence-electron chi connectivity index (χ1n) is 11.2. The number of nitrogens with one attached hydrogen (secondary N) is 1. The summed E-state index contributed by atoms with van der Waals surface area (Å²) in [4.78, 5) is 11.3. The minimum Gasteiger partial charge on any atom is -0.303 e. The fourth-order valence-electron chi connectivity index (χ4n) is 4.35. The van der Waals surface area contributed by atoms with Crippen molar-refractivity contribution in [1.82, 2.24) is 24.6 Å². The smallest absolute Gasteiger partial charge is 0.250 e. The number of benzene rings is 2. The van der Waals surface area contributed by atoms with Crippen LogP contribution in [-0.4, -0.2) is 50.0 Å². The van der Waals surface area contributed by atoms with Gasteiger partial charge in [0, 0.05) is 35.4 Å². The molecule has 0 atom stereocenters. The zero-order valence-electron chi connectivity index (χ0n) is 18.2. The molecule has 1 aliphatic rings. The summed E-state index contributed by atoms with van der Waals surface area (Å²) in [5.41, 5.74) is 4.70. The van der Waals surface area contributed by atoms with Gasteiger partial charge in [0.25, 0.3) is 5.95 Å². The van der Waals surface area contributed by atoms with Crippen LogP contribution in [0.4, 0.5) is 0 Å². The maximum absolute atomic E-state index is 8.46. The Labute approximate surface area is 198 Å². The zero-order chi connectivity index (χ0) is 22.6. The van der Waals surface area contributed by atoms with Gasteiger partial charge in [-0.05, 0) is 55.8 Å². The molecule has 3 heterocycles. The molecule has 1 saturated heterocycles. The number of likely N-dealkylation sites (tertiary alicyclic amines) is 1. The van der Waals surface area contributed by atoms with E-state index in [1.165, 1.54) is 0 Å². The minimum atomic E-state index is 0.351. The van der Waals surface area contributed by atoms with Crippen molar-refractivity contribution in [2.75, 3.05) is 19.6 Å². The van der Waals surface area contributed by atoms with Gasteiger partial charge >= 0.3 is 0 Å². The van der Waals surface area contributed by atoms with Crippen molar-refractivity contribution in [2.24, 2.45) is 0 Å². The van der Waals surface area contributed by atoms with E-state index >= 15 is 0 Å². The highest BCUT2D eigenvalue weighted by atomic mass is 35.5. The summed E-state index contributed by atoms with van der Waals surface area (Å²) < 4.78 is 1.89. The third-order valence-corrected chi connectivity index (χ3v) is 6.38. The van der Waals surface area contributed by atoms with Crippen LogP contribution in [0.5, 0.6) is 0 Å². The van der Waals surface area contributed by atoms with E-state index in [9.17, 15) is 0 Å². The lowest BCUT2D eigenvalue weighted by atomic mass is 9.92. The number of rotatable bonds is 6. The molecule has 0 aliphatic carbocycles. The zero-order valence-corrected chi connectivity index (χ0v) is 19.0. The highest BCUT2D eigenvalue weighted by Crippen LogP contribution is 2.32. The highest BCUT2D eigenvalue weighted by molar-refractivity contribution is 6.30. The lowest BCUT2D eigenvalue weighted by molar-refractivity contribution is 0.235. The largest absolute Gasteiger partial charge is 0.303 e. The van der Waals surface area contributed by atoms with Gasteiger partial charge in [0.15, 0.2) is 0 Å². The highest BCUT2D eigenvalue weighted by Gasteiger charge is 2.26. The molecule has 1 aliphatic heterocycles. The normalized spacial score (nSPS) is 14.9. The van der Waals surface area contributed by atoms with Crippen LogP contribution in [-0.2, 0) is 0 Å². The van der Waals surface area contributed by atoms with Gasteiger partial charge in [-0.2, -0.15) is 5.10 Å². The summed E-state index contributed by atoms with van der Waals surface area (Å²) in [6.07, 6.45) is 5.49. The second kappa shape index (κ2) is 9.65. The molecule has 0 unspecified atom stereocenters. The van der Waals surface area contributed by atoms with Crippen molar-refractivity contribution in [3.63, 3.8) is 0 Å². The lowest BCUT2D eigenvalue weighted by Gasteiger charge is -2.32. The van der Waals surface area contributed by atoms with Crippen molar-refractivity contribution >= 4 is 17.3 Å². The first-order chi connectivity index (χ1) is 16.2. The molecule has 33 heavy (non-hydrogen) atoms. The summed E-state index contributed by atoms with van der Waals surface area (Å²) in [6, 6.07) is 21.7. The van der Waals surface area contributed by atoms with Gasteiger partial charge in [0.05, 0.1) is 17.1 Å². The SMILES string of the molecule is N=C(CN1CCC(c2cc(-c3ccc(Cl)cc3)nn2-c2ncccn2)CC1)c1ccccc1. The average molecular weight is 457 g/mol. The number of halogens is 1. The van der Waals surface area contributed by atoms with E-state index in [2.05, 4.69) is 20.9 Å². The molecule has 0 bridgehead atoms. The van der Waals surface area contributed by atoms with Gasteiger partial charge in [-0.15, -0.1) is 0 Å². The van der Waals surface area contributed by atoms with E-state index < -0.39 is 0 Å². The molecule has 2 aromatic heterocycles. The monoisotopic (exact) mass is 456 g/mol. The van der Waals surface area contributed by atoms with Gasteiger partial charge in [-0.1, -0.05) is 54.1 Å². The van der Waals surface area contributed by atoms with Crippen molar-refractivity contribution in [3.05, 3.63) is 95.4 Å². The van der Waals surface area contributed by atoms with Crippen molar-refractivity contribution < 1.29 is 0 Å². The molecule has 2 aromatic carbocycles. The molecule has 7 heteroatoms. The first-order valence-corrected chi connectivity index (χ1v) is 11.5. The van der Waals surface area contributed by atoms with Gasteiger partial charge in [0.1, 0.15) is 0 Å². The van der Waals surface area contributed by atoms with Crippen LogP contribution in [0, 0.1) is 5.41 Å². The van der Waals surface area contributed by atoms with Crippen molar-refractivity contribution in [3.8, 4) is 17.2 Å². The molecular weight excluding hydrogens is 432 g/mol. The molecule has 6 nitrogen and oxygen atoms in total. The Morgan fingerprint density at radius 1 is 0.939 bits per heavy atom. The standard InChI is InChI=1S/C26H25ClN6/c27-22-9-7-20(8-10-22)24-17-25(33(31-24)26-29-13-4-14-30-26)21-11-15-32(16-12-21)18-23(28)19-5-2-1-3-6-19/h1-10,13-14,17,21,28H,11-12,15-16,18H2. The Kier molecular flexibility index (Phi) is 6.28. The Balaban J connectivity index is 1.35. The maximum atomic E-state index is 8.46. The summed E-state index contributed by atoms with van der Waals surface area (Å²) in [5, 5.41) is 14.0. The van der Waals surface area contributed by atoms with Crippen LogP contribution >= 0.6 is 11.6 Å². The minimum absolute atomic E-state index is 0.351. The average Bonchev–Trinajstić information content (AvgIpc) is 3.31. The molecule has 4 aromatic rings. The van der Waals surface area contributed by atoms with E-state index in [0.29, 0.717) is 29.1 Å². The summed E-state index contributed by atoms with van der Waals surface area (Å²) in [6.45, 7) is 2.56. The van der Waals surface area contributed by atoms with Crippen LogP contribution < -0.4 is 0 Å². The molecule has 0 radical (unpaired) electrons. The number of aromatic nitrogens is 4. The molecule has 166 valence electrons. The van der Waals surface area contributed by atoms with E-state index in [1.54, 1.807) is 12.4 Å². The third-order valence-electron chi connectivity index (χ3n) is 6.13. The van der Waals surface area contributed by atoms with Gasteiger partial charge in [0.2, 0.25) is 0 Å². The Hall–Kier alpha value is -3.35. The van der Waals surface area contributed by atoms with Gasteiger partial charge in [-0.3, -0.25) is 4.90 Å². The summed E-state index contributed by atoms with van der Waals surface area (Å²) in [7, 11) is 0. The van der Waals surface area contributed by atoms with Crippen LogP contribution in [0.3, 0.4) is 0 Å². The van der Waals surface area contributed by atoms with Crippen molar-refractivity contribution in [2.45, 2.75) is 18.8 Å². The fourth-order valence-corrected chi connectivity index (χ4v) is 4.48. The van der Waals surface area contributed by atoms with Crippen LogP contribution in [0.2, 0.25) is 5.02 Å². The van der Waals surface area contributed by atoms with Gasteiger partial charge in [-0.25, -0.2) is 14.6 Å². The van der Waals surface area contributed by atoms with Crippen molar-refractivity contribution in [1.29, 1.82) is 5.41 Å². The van der Waals surface area contributed by atoms with Gasteiger partial charge < -0.3 is 5.41 Å². The van der Waals surface area contributed by atoms with E-state index in [1.807, 2.05) is 65.3 Å². The van der Waals surface area contributed by atoms with Crippen LogP contribution in [0.1, 0.15) is 30.0 Å². The topological polar surface area (TPSA) is 70.7 Å². The maximum Gasteiger partial charge on any atom is 0.250 e. The molecular formula is C26H25ClN6. The van der Waals surface area contributed by atoms with Crippen LogP contribution in [0.25, 0.3) is 17.2 Å². The molecule has 0 saturated carbocycles. The number of hydrogen-bond acceptors (Lipinski definition) is 5. The molecule has 1 N–H and O–H groups in total. The fraction of sp³-hybridized carbons (Fsp3) is 0.231. The summed E-state index contributed by atoms with van der Waals surface area (Å²) in [5.74, 6) is 0.936. The van der Waals surface area contributed by atoms with E-state index in [4.69, 9.17) is 22.1 Å². The number of piperidine rings is 1. The molecule has 1 fully saturated rings. The number of hydrogen-bond donors (Lipinski definition) is 1. The quantitative estimate of drug-likeness (QED) is 0.403. The number of nitrogens with zero attached hydrogens (tertiary/aromatic N) is 5. The lowest BCUT2D eigenvalue weighted by Crippen LogP contribution is -2.37. The Bertz CT molecular complexity index is 1210. The molecule has 0 spiro atoms. The second-order valence-corrected chi connectivity index (χ2v) is 8.75. The molecule has 0 amide bonds.